The summed E-state index contributed by atoms with van der Waals surface area (Å²) in [5.41, 5.74) is 0.347. The van der Waals surface area contributed by atoms with E-state index < -0.39 is 0 Å². The normalized spacial score (nSPS) is 36.2. The molecule has 11 heavy (non-hydrogen) atoms. The zero-order chi connectivity index (χ0) is 8.54. The maximum Gasteiger partial charge on any atom is 0.230 e. The third kappa shape index (κ3) is 1.96. The predicted octanol–water partition coefficient (Wildman–Crippen LogP) is 3.26. The van der Waals surface area contributed by atoms with Gasteiger partial charge in [-0.1, -0.05) is 13.8 Å². The molecule has 1 aliphatic rings. The van der Waals surface area contributed by atoms with Gasteiger partial charge in [0.15, 0.2) is 0 Å². The number of hydrogen-bond acceptors (Lipinski definition) is 0. The van der Waals surface area contributed by atoms with E-state index in [4.69, 9.17) is 6.57 Å². The molecule has 1 atom stereocenters. The van der Waals surface area contributed by atoms with Crippen LogP contribution in [0.2, 0.25) is 0 Å². The molecule has 62 valence electrons. The van der Waals surface area contributed by atoms with Crippen molar-refractivity contribution in [3.05, 3.63) is 11.4 Å². The molecule has 0 aromatic carbocycles. The second-order valence-electron chi connectivity index (χ2n) is 4.80. The second-order valence-corrected chi connectivity index (χ2v) is 4.80. The Morgan fingerprint density at radius 1 is 1.18 bits per heavy atom. The van der Waals surface area contributed by atoms with E-state index in [1.165, 1.54) is 12.8 Å². The van der Waals surface area contributed by atoms with E-state index in [0.717, 1.165) is 12.8 Å². The molecule has 0 aromatic heterocycles. The third-order valence-corrected chi connectivity index (χ3v) is 2.70. The summed E-state index contributed by atoms with van der Waals surface area (Å²) in [6.45, 7) is 13.7. The van der Waals surface area contributed by atoms with E-state index in [0.29, 0.717) is 5.41 Å². The summed E-state index contributed by atoms with van der Waals surface area (Å²) in [6.07, 6.45) is 4.69. The van der Waals surface area contributed by atoms with Crippen LogP contribution in [0.25, 0.3) is 4.85 Å². The molecule has 0 saturated heterocycles. The van der Waals surface area contributed by atoms with Crippen LogP contribution >= 0.6 is 0 Å². The Morgan fingerprint density at radius 3 is 2.18 bits per heavy atom. The van der Waals surface area contributed by atoms with E-state index in [9.17, 15) is 0 Å². The lowest BCUT2D eigenvalue weighted by atomic mass is 9.69. The molecule has 0 amide bonds. The van der Waals surface area contributed by atoms with Crippen molar-refractivity contribution in [1.82, 2.24) is 0 Å². The third-order valence-electron chi connectivity index (χ3n) is 2.70. The largest absolute Gasteiger partial charge is 0.311 e. The van der Waals surface area contributed by atoms with Gasteiger partial charge in [0.2, 0.25) is 5.54 Å². The minimum Gasteiger partial charge on any atom is -0.311 e. The smallest absolute Gasteiger partial charge is 0.230 e. The maximum atomic E-state index is 7.10. The molecule has 1 fully saturated rings. The summed E-state index contributed by atoms with van der Waals surface area (Å²) in [6, 6.07) is 0. The highest BCUT2D eigenvalue weighted by molar-refractivity contribution is 5.00. The lowest BCUT2D eigenvalue weighted by Crippen LogP contribution is -2.33. The molecule has 0 heterocycles. The average Bonchev–Trinajstić information content (AvgIpc) is 1.85. The zero-order valence-corrected chi connectivity index (χ0v) is 7.78. The topological polar surface area (TPSA) is 4.36 Å². The monoisotopic (exact) mass is 151 g/mol. The van der Waals surface area contributed by atoms with Gasteiger partial charge in [0.25, 0.3) is 0 Å². The standard InChI is InChI=1S/C10H17N/c1-9(2)6-5-7-10(3,8-9)11-4/h5-8H2,1-3H3. The van der Waals surface area contributed by atoms with Gasteiger partial charge in [0.1, 0.15) is 0 Å². The van der Waals surface area contributed by atoms with E-state index in [1.807, 2.05) is 0 Å². The first-order chi connectivity index (χ1) is 4.97. The summed E-state index contributed by atoms with van der Waals surface area (Å²) in [5.74, 6) is 0. The Balaban J connectivity index is 2.69. The van der Waals surface area contributed by atoms with Gasteiger partial charge >= 0.3 is 0 Å². The summed E-state index contributed by atoms with van der Waals surface area (Å²) in [4.78, 5) is 3.73. The van der Waals surface area contributed by atoms with Crippen molar-refractivity contribution in [2.24, 2.45) is 5.41 Å². The van der Waals surface area contributed by atoms with Gasteiger partial charge < -0.3 is 4.85 Å². The lowest BCUT2D eigenvalue weighted by Gasteiger charge is -2.34. The second kappa shape index (κ2) is 2.52. The molecular formula is C10H17N. The summed E-state index contributed by atoms with van der Waals surface area (Å²) in [7, 11) is 0. The molecule has 0 spiro atoms. The fourth-order valence-corrected chi connectivity index (χ4v) is 2.25. The summed E-state index contributed by atoms with van der Waals surface area (Å²) < 4.78 is 0. The molecule has 1 aliphatic carbocycles. The Kier molecular flexibility index (Phi) is 1.96. The predicted molar refractivity (Wildman–Crippen MR) is 47.3 cm³/mol. The van der Waals surface area contributed by atoms with Gasteiger partial charge in [0.05, 0.1) is 0 Å². The molecule has 1 nitrogen and oxygen atoms in total. The molecule has 0 radical (unpaired) electrons. The van der Waals surface area contributed by atoms with E-state index >= 15 is 0 Å². The van der Waals surface area contributed by atoms with Crippen molar-refractivity contribution in [1.29, 1.82) is 0 Å². The molecule has 0 N–H and O–H groups in total. The van der Waals surface area contributed by atoms with E-state index in [1.54, 1.807) is 0 Å². The van der Waals surface area contributed by atoms with Gasteiger partial charge in [-0.25, -0.2) is 6.57 Å². The fourth-order valence-electron chi connectivity index (χ4n) is 2.25. The van der Waals surface area contributed by atoms with Crippen LogP contribution in [0.5, 0.6) is 0 Å². The summed E-state index contributed by atoms with van der Waals surface area (Å²) in [5, 5.41) is 0. The van der Waals surface area contributed by atoms with Gasteiger partial charge in [-0.05, 0) is 18.3 Å². The molecule has 0 aliphatic heterocycles. The van der Waals surface area contributed by atoms with E-state index in [2.05, 4.69) is 25.6 Å². The number of nitrogens with zero attached hydrogens (tertiary/aromatic N) is 1. The van der Waals surface area contributed by atoms with Crippen LogP contribution in [0.3, 0.4) is 0 Å². The van der Waals surface area contributed by atoms with Crippen molar-refractivity contribution >= 4 is 0 Å². The van der Waals surface area contributed by atoms with Crippen LogP contribution in [0, 0.1) is 12.0 Å². The van der Waals surface area contributed by atoms with Crippen LogP contribution in [0.1, 0.15) is 46.5 Å². The first kappa shape index (κ1) is 8.59. The molecular weight excluding hydrogens is 134 g/mol. The van der Waals surface area contributed by atoms with Crippen LogP contribution in [0.4, 0.5) is 0 Å². The molecule has 1 unspecified atom stereocenters. The van der Waals surface area contributed by atoms with Crippen molar-refractivity contribution in [2.45, 2.75) is 52.0 Å². The quantitative estimate of drug-likeness (QED) is 0.468. The van der Waals surface area contributed by atoms with Crippen LogP contribution in [-0.2, 0) is 0 Å². The highest BCUT2D eigenvalue weighted by atomic mass is 14.8. The minimum atomic E-state index is -0.0538. The van der Waals surface area contributed by atoms with Crippen LogP contribution in [-0.4, -0.2) is 5.54 Å². The van der Waals surface area contributed by atoms with Crippen LogP contribution in [0.15, 0.2) is 0 Å². The first-order valence-corrected chi connectivity index (χ1v) is 4.36. The highest BCUT2D eigenvalue weighted by Crippen LogP contribution is 2.42. The van der Waals surface area contributed by atoms with Gasteiger partial charge in [0, 0.05) is 19.8 Å². The molecule has 0 bridgehead atoms. The fraction of sp³-hybridized carbons (Fsp3) is 0.900. The molecule has 1 rings (SSSR count). The first-order valence-electron chi connectivity index (χ1n) is 4.36. The number of rotatable bonds is 0. The molecule has 1 saturated carbocycles. The number of hydrogen-bond donors (Lipinski definition) is 0. The highest BCUT2D eigenvalue weighted by Gasteiger charge is 2.41. The Morgan fingerprint density at radius 2 is 1.82 bits per heavy atom. The summed E-state index contributed by atoms with van der Waals surface area (Å²) >= 11 is 0. The van der Waals surface area contributed by atoms with E-state index in [-0.39, 0.29) is 5.54 Å². The zero-order valence-electron chi connectivity index (χ0n) is 7.78. The minimum absolute atomic E-state index is 0.0538. The Hall–Kier alpha value is -0.510. The van der Waals surface area contributed by atoms with Crippen LogP contribution < -0.4 is 0 Å². The van der Waals surface area contributed by atoms with Gasteiger partial charge in [-0.15, -0.1) is 0 Å². The lowest BCUT2D eigenvalue weighted by molar-refractivity contribution is 0.187. The average molecular weight is 151 g/mol. The van der Waals surface area contributed by atoms with Crippen molar-refractivity contribution < 1.29 is 0 Å². The Bertz CT molecular complexity index is 188. The molecule has 0 aromatic rings. The van der Waals surface area contributed by atoms with Crippen molar-refractivity contribution in [3.8, 4) is 0 Å². The van der Waals surface area contributed by atoms with Crippen molar-refractivity contribution in [2.75, 3.05) is 0 Å². The van der Waals surface area contributed by atoms with Gasteiger partial charge in [-0.2, -0.15) is 0 Å². The SMILES string of the molecule is [C-]#[N+]C1(C)CCCC(C)(C)C1. The maximum absolute atomic E-state index is 7.10. The molecule has 1 heteroatoms. The van der Waals surface area contributed by atoms with Gasteiger partial charge in [-0.3, -0.25) is 0 Å². The van der Waals surface area contributed by atoms with Crippen molar-refractivity contribution in [3.63, 3.8) is 0 Å². The Labute approximate surface area is 69.6 Å².